The van der Waals surface area contributed by atoms with Crippen LogP contribution in [-0.4, -0.2) is 29.1 Å². The van der Waals surface area contributed by atoms with E-state index in [0.29, 0.717) is 18.7 Å². The van der Waals surface area contributed by atoms with E-state index < -0.39 is 5.97 Å². The summed E-state index contributed by atoms with van der Waals surface area (Å²) in [6.07, 6.45) is 0. The zero-order chi connectivity index (χ0) is 16.2. The van der Waals surface area contributed by atoms with E-state index in [9.17, 15) is 10.1 Å². The molecule has 0 aromatic heterocycles. The molecule has 0 amide bonds. The average molecular weight is 306 g/mol. The molecule has 0 bridgehead atoms. The SMILES string of the molecule is N#C[C@@H]1CN(Cc2cccc(C(=O)O)c2)C[C@H]1c1ccccc1. The van der Waals surface area contributed by atoms with E-state index in [1.165, 1.54) is 5.56 Å². The van der Waals surface area contributed by atoms with E-state index in [1.54, 1.807) is 18.2 Å². The van der Waals surface area contributed by atoms with Crippen molar-refractivity contribution < 1.29 is 9.90 Å². The summed E-state index contributed by atoms with van der Waals surface area (Å²) in [5.41, 5.74) is 2.47. The zero-order valence-electron chi connectivity index (χ0n) is 12.7. The molecule has 4 heteroatoms. The van der Waals surface area contributed by atoms with Crippen molar-refractivity contribution in [1.29, 1.82) is 5.26 Å². The summed E-state index contributed by atoms with van der Waals surface area (Å²) in [6, 6.07) is 19.6. The van der Waals surface area contributed by atoms with Crippen LogP contribution in [0.4, 0.5) is 0 Å². The van der Waals surface area contributed by atoms with Gasteiger partial charge in [-0.05, 0) is 23.3 Å². The molecule has 0 unspecified atom stereocenters. The Hall–Kier alpha value is -2.64. The third kappa shape index (κ3) is 3.41. The molecule has 1 aliphatic rings. The van der Waals surface area contributed by atoms with Crippen LogP contribution in [0.3, 0.4) is 0 Å². The maximum absolute atomic E-state index is 11.1. The van der Waals surface area contributed by atoms with Crippen molar-refractivity contribution in [1.82, 2.24) is 4.90 Å². The second kappa shape index (κ2) is 6.64. The molecule has 3 rings (SSSR count). The molecular weight excluding hydrogens is 288 g/mol. The van der Waals surface area contributed by atoms with Gasteiger partial charge in [0, 0.05) is 25.6 Å². The van der Waals surface area contributed by atoms with Gasteiger partial charge in [-0.3, -0.25) is 4.90 Å². The van der Waals surface area contributed by atoms with Crippen molar-refractivity contribution >= 4 is 5.97 Å². The van der Waals surface area contributed by atoms with E-state index in [2.05, 4.69) is 23.1 Å². The molecule has 0 radical (unpaired) electrons. The lowest BCUT2D eigenvalue weighted by atomic mass is 9.90. The standard InChI is InChI=1S/C19H18N2O2/c20-10-17-12-21(13-18(17)15-6-2-1-3-7-15)11-14-5-4-8-16(9-14)19(22)23/h1-9,17-18H,11-13H2,(H,22,23)/t17-,18+/m1/s1. The van der Waals surface area contributed by atoms with Gasteiger partial charge in [-0.15, -0.1) is 0 Å². The van der Waals surface area contributed by atoms with Crippen LogP contribution < -0.4 is 0 Å². The summed E-state index contributed by atoms with van der Waals surface area (Å²) in [5, 5.41) is 18.5. The van der Waals surface area contributed by atoms with Crippen LogP contribution >= 0.6 is 0 Å². The molecule has 2 atom stereocenters. The van der Waals surface area contributed by atoms with E-state index in [-0.39, 0.29) is 11.8 Å². The van der Waals surface area contributed by atoms with E-state index in [1.807, 2.05) is 24.3 Å². The summed E-state index contributed by atoms with van der Waals surface area (Å²) in [6.45, 7) is 2.20. The predicted molar refractivity (Wildman–Crippen MR) is 87.0 cm³/mol. The van der Waals surface area contributed by atoms with Crippen molar-refractivity contribution in [3.63, 3.8) is 0 Å². The molecule has 1 fully saturated rings. The third-order valence-electron chi connectivity index (χ3n) is 4.37. The number of aromatic carboxylic acids is 1. The lowest BCUT2D eigenvalue weighted by Gasteiger charge is -2.16. The first kappa shape index (κ1) is 15.3. The summed E-state index contributed by atoms with van der Waals surface area (Å²) < 4.78 is 0. The minimum absolute atomic E-state index is 0.0277. The Labute approximate surface area is 135 Å². The summed E-state index contributed by atoms with van der Waals surface area (Å²) >= 11 is 0. The van der Waals surface area contributed by atoms with Crippen LogP contribution in [0.25, 0.3) is 0 Å². The van der Waals surface area contributed by atoms with Gasteiger partial charge in [0.25, 0.3) is 0 Å². The van der Waals surface area contributed by atoms with Gasteiger partial charge in [-0.2, -0.15) is 5.26 Å². The number of carboxylic acid groups (broad SMARTS) is 1. The molecule has 23 heavy (non-hydrogen) atoms. The Kier molecular flexibility index (Phi) is 4.40. The molecule has 0 saturated carbocycles. The molecule has 1 heterocycles. The fourth-order valence-corrected chi connectivity index (χ4v) is 3.24. The highest BCUT2D eigenvalue weighted by molar-refractivity contribution is 5.87. The molecule has 4 nitrogen and oxygen atoms in total. The first-order chi connectivity index (χ1) is 11.2. The molecule has 1 aliphatic heterocycles. The quantitative estimate of drug-likeness (QED) is 0.942. The highest BCUT2D eigenvalue weighted by Gasteiger charge is 2.33. The van der Waals surface area contributed by atoms with Crippen molar-refractivity contribution in [3.05, 3.63) is 71.3 Å². The van der Waals surface area contributed by atoms with Crippen molar-refractivity contribution in [3.8, 4) is 6.07 Å². The van der Waals surface area contributed by atoms with Crippen molar-refractivity contribution in [2.75, 3.05) is 13.1 Å². The third-order valence-corrected chi connectivity index (χ3v) is 4.37. The smallest absolute Gasteiger partial charge is 0.335 e. The van der Waals surface area contributed by atoms with Crippen molar-refractivity contribution in [2.24, 2.45) is 5.92 Å². The number of carbonyl (C=O) groups is 1. The monoisotopic (exact) mass is 306 g/mol. The van der Waals surface area contributed by atoms with Gasteiger partial charge in [0.05, 0.1) is 17.6 Å². The summed E-state index contributed by atoms with van der Waals surface area (Å²) in [7, 11) is 0. The largest absolute Gasteiger partial charge is 0.478 e. The van der Waals surface area contributed by atoms with Crippen LogP contribution in [0.5, 0.6) is 0 Å². The fourth-order valence-electron chi connectivity index (χ4n) is 3.24. The topological polar surface area (TPSA) is 64.3 Å². The predicted octanol–water partition coefficient (Wildman–Crippen LogP) is 3.12. The molecule has 1 saturated heterocycles. The highest BCUT2D eigenvalue weighted by Crippen LogP contribution is 2.32. The Morgan fingerprint density at radius 3 is 2.65 bits per heavy atom. The first-order valence-corrected chi connectivity index (χ1v) is 7.66. The Balaban J connectivity index is 1.74. The molecule has 116 valence electrons. The number of nitrogens with zero attached hydrogens (tertiary/aromatic N) is 2. The van der Waals surface area contributed by atoms with E-state index in [4.69, 9.17) is 5.11 Å². The van der Waals surface area contributed by atoms with Gasteiger partial charge in [0.15, 0.2) is 0 Å². The lowest BCUT2D eigenvalue weighted by Crippen LogP contribution is -2.20. The summed E-state index contributed by atoms with van der Waals surface area (Å²) in [5.74, 6) is -0.728. The first-order valence-electron chi connectivity index (χ1n) is 7.66. The van der Waals surface area contributed by atoms with Crippen LogP contribution in [0.15, 0.2) is 54.6 Å². The van der Waals surface area contributed by atoms with Gasteiger partial charge in [-0.1, -0.05) is 42.5 Å². The molecule has 0 spiro atoms. The Morgan fingerprint density at radius 1 is 1.17 bits per heavy atom. The Bertz CT molecular complexity index is 737. The number of hydrogen-bond acceptors (Lipinski definition) is 3. The van der Waals surface area contributed by atoms with Gasteiger partial charge < -0.3 is 5.11 Å². The van der Waals surface area contributed by atoms with Gasteiger partial charge in [-0.25, -0.2) is 4.79 Å². The number of rotatable bonds is 4. The van der Waals surface area contributed by atoms with E-state index >= 15 is 0 Å². The maximum Gasteiger partial charge on any atom is 0.335 e. The molecule has 1 N–H and O–H groups in total. The van der Waals surface area contributed by atoms with Gasteiger partial charge in [0.1, 0.15) is 0 Å². The highest BCUT2D eigenvalue weighted by atomic mass is 16.4. The zero-order valence-corrected chi connectivity index (χ0v) is 12.7. The summed E-state index contributed by atoms with van der Waals surface area (Å²) in [4.78, 5) is 13.3. The molecule has 2 aromatic carbocycles. The average Bonchev–Trinajstić information content (AvgIpc) is 2.99. The minimum Gasteiger partial charge on any atom is -0.478 e. The molecule has 0 aliphatic carbocycles. The number of likely N-dealkylation sites (tertiary alicyclic amines) is 1. The number of carboxylic acids is 1. The van der Waals surface area contributed by atoms with Gasteiger partial charge >= 0.3 is 5.97 Å². The molecule has 2 aromatic rings. The number of hydrogen-bond donors (Lipinski definition) is 1. The van der Waals surface area contributed by atoms with Crippen LogP contribution in [0, 0.1) is 17.2 Å². The fraction of sp³-hybridized carbons (Fsp3) is 0.263. The number of nitriles is 1. The number of benzene rings is 2. The normalized spacial score (nSPS) is 21.0. The minimum atomic E-state index is -0.912. The molecular formula is C19H18N2O2. The van der Waals surface area contributed by atoms with Gasteiger partial charge in [0.2, 0.25) is 0 Å². The van der Waals surface area contributed by atoms with Crippen LogP contribution in [0.1, 0.15) is 27.4 Å². The van der Waals surface area contributed by atoms with Crippen LogP contribution in [-0.2, 0) is 6.54 Å². The lowest BCUT2D eigenvalue weighted by molar-refractivity contribution is 0.0696. The second-order valence-corrected chi connectivity index (χ2v) is 5.95. The Morgan fingerprint density at radius 2 is 1.96 bits per heavy atom. The van der Waals surface area contributed by atoms with E-state index in [0.717, 1.165) is 12.1 Å². The van der Waals surface area contributed by atoms with Crippen molar-refractivity contribution in [2.45, 2.75) is 12.5 Å². The van der Waals surface area contributed by atoms with Crippen LogP contribution in [0.2, 0.25) is 0 Å². The maximum atomic E-state index is 11.1. The second-order valence-electron chi connectivity index (χ2n) is 5.95.